The number of carbonyl (C=O) groups is 3. The van der Waals surface area contributed by atoms with E-state index in [0.29, 0.717) is 11.3 Å². The number of nitrogen functional groups attached to an aromatic ring is 1. The van der Waals surface area contributed by atoms with Gasteiger partial charge in [0.15, 0.2) is 17.6 Å². The molecular formula is C23H22ClFN4O5. The van der Waals surface area contributed by atoms with Crippen molar-refractivity contribution in [1.29, 1.82) is 0 Å². The Bertz CT molecular complexity index is 1160. The number of pyridine rings is 1. The summed E-state index contributed by atoms with van der Waals surface area (Å²) < 4.78 is 24.5. The van der Waals surface area contributed by atoms with Crippen molar-refractivity contribution in [1.82, 2.24) is 10.3 Å². The largest absolute Gasteiger partial charge is 0.467 e. The van der Waals surface area contributed by atoms with Gasteiger partial charge in [0.25, 0.3) is 0 Å². The molecule has 0 spiro atoms. The van der Waals surface area contributed by atoms with Crippen molar-refractivity contribution in [3.8, 4) is 11.5 Å². The fraction of sp³-hybridized carbons (Fsp3) is 0.130. The lowest BCUT2D eigenvalue weighted by atomic mass is 10.1. The average Bonchev–Trinajstić information content (AvgIpc) is 2.79. The van der Waals surface area contributed by atoms with Crippen molar-refractivity contribution >= 4 is 41.7 Å². The topological polar surface area (TPSA) is 133 Å². The molecule has 9 nitrogen and oxygen atoms in total. The first-order valence-electron chi connectivity index (χ1n) is 9.76. The molecule has 34 heavy (non-hydrogen) atoms. The average molecular weight is 489 g/mol. The van der Waals surface area contributed by atoms with Crippen LogP contribution in [0.2, 0.25) is 0 Å². The van der Waals surface area contributed by atoms with Crippen molar-refractivity contribution in [3.63, 3.8) is 0 Å². The van der Waals surface area contributed by atoms with E-state index in [4.69, 9.17) is 15.2 Å². The monoisotopic (exact) mass is 488 g/mol. The first-order valence-corrected chi connectivity index (χ1v) is 9.76. The molecule has 1 atom stereocenters. The summed E-state index contributed by atoms with van der Waals surface area (Å²) in [5, 5.41) is 4.90. The molecule has 3 aromatic rings. The molecule has 0 saturated carbocycles. The first-order chi connectivity index (χ1) is 15.9. The van der Waals surface area contributed by atoms with Gasteiger partial charge >= 0.3 is 5.97 Å². The van der Waals surface area contributed by atoms with Crippen LogP contribution in [0.5, 0.6) is 11.5 Å². The van der Waals surface area contributed by atoms with Crippen molar-refractivity contribution in [2.75, 3.05) is 18.2 Å². The Balaban J connectivity index is 0.00000408. The minimum absolute atomic E-state index is 0. The number of methoxy groups -OCH3 is 1. The zero-order valence-corrected chi connectivity index (χ0v) is 18.8. The van der Waals surface area contributed by atoms with E-state index in [1.807, 2.05) is 0 Å². The van der Waals surface area contributed by atoms with Gasteiger partial charge in [0.05, 0.1) is 7.11 Å². The summed E-state index contributed by atoms with van der Waals surface area (Å²) in [4.78, 5) is 40.4. The third-order valence-electron chi connectivity index (χ3n) is 4.39. The number of nitrogens with zero attached hydrogens (tertiary/aromatic N) is 1. The molecule has 1 aromatic heterocycles. The Kier molecular flexibility index (Phi) is 9.33. The van der Waals surface area contributed by atoms with Crippen LogP contribution in [0.3, 0.4) is 0 Å². The van der Waals surface area contributed by atoms with Crippen molar-refractivity contribution in [2.45, 2.75) is 12.5 Å². The molecule has 0 unspecified atom stereocenters. The number of ether oxygens (including phenoxy) is 2. The number of anilines is 2. The molecular weight excluding hydrogens is 467 g/mol. The van der Waals surface area contributed by atoms with E-state index in [1.54, 1.807) is 30.3 Å². The number of nitrogens with two attached hydrogens (primary N) is 1. The van der Waals surface area contributed by atoms with E-state index in [2.05, 4.69) is 15.6 Å². The Labute approximate surface area is 200 Å². The normalized spacial score (nSPS) is 10.9. The van der Waals surface area contributed by atoms with Crippen molar-refractivity contribution < 1.29 is 28.2 Å². The second-order valence-electron chi connectivity index (χ2n) is 6.82. The van der Waals surface area contributed by atoms with Gasteiger partial charge in [-0.15, -0.1) is 12.4 Å². The van der Waals surface area contributed by atoms with Crippen molar-refractivity contribution in [2.24, 2.45) is 0 Å². The minimum atomic E-state index is -1.06. The van der Waals surface area contributed by atoms with Crippen LogP contribution in [0.25, 0.3) is 0 Å². The zero-order valence-electron chi connectivity index (χ0n) is 18.0. The number of rotatable bonds is 8. The van der Waals surface area contributed by atoms with Gasteiger partial charge in [0, 0.05) is 24.0 Å². The van der Waals surface area contributed by atoms with Gasteiger partial charge in [-0.2, -0.15) is 0 Å². The van der Waals surface area contributed by atoms with Crippen LogP contribution in [0.15, 0.2) is 66.9 Å². The Morgan fingerprint density at radius 3 is 2.44 bits per heavy atom. The summed E-state index contributed by atoms with van der Waals surface area (Å²) in [5.74, 6) is -2.38. The van der Waals surface area contributed by atoms with Gasteiger partial charge in [0.2, 0.25) is 11.8 Å². The van der Waals surface area contributed by atoms with E-state index in [0.717, 1.165) is 6.07 Å². The summed E-state index contributed by atoms with van der Waals surface area (Å²) in [7, 11) is 1.20. The summed E-state index contributed by atoms with van der Waals surface area (Å²) in [6.45, 7) is 0. The zero-order chi connectivity index (χ0) is 23.8. The van der Waals surface area contributed by atoms with Gasteiger partial charge < -0.3 is 25.8 Å². The molecule has 3 rings (SSSR count). The maximum absolute atomic E-state index is 14.4. The molecule has 0 aliphatic rings. The fourth-order valence-electron chi connectivity index (χ4n) is 2.88. The van der Waals surface area contributed by atoms with E-state index < -0.39 is 36.1 Å². The second-order valence-corrected chi connectivity index (χ2v) is 6.82. The summed E-state index contributed by atoms with van der Waals surface area (Å²) in [6, 6.07) is 14.1. The maximum atomic E-state index is 14.4. The van der Waals surface area contributed by atoms with Gasteiger partial charge in [-0.3, -0.25) is 9.59 Å². The highest BCUT2D eigenvalue weighted by atomic mass is 35.5. The van der Waals surface area contributed by atoms with Crippen LogP contribution in [-0.4, -0.2) is 29.9 Å². The molecule has 0 radical (unpaired) electrons. The van der Waals surface area contributed by atoms with Gasteiger partial charge in [0.1, 0.15) is 18.0 Å². The maximum Gasteiger partial charge on any atom is 0.333 e. The molecule has 0 bridgehead atoms. The van der Waals surface area contributed by atoms with Crippen LogP contribution in [-0.2, 0) is 19.1 Å². The van der Waals surface area contributed by atoms with Crippen LogP contribution < -0.4 is 21.1 Å². The van der Waals surface area contributed by atoms with Gasteiger partial charge in [-0.1, -0.05) is 30.3 Å². The highest BCUT2D eigenvalue weighted by Gasteiger charge is 2.24. The summed E-state index contributed by atoms with van der Waals surface area (Å²) in [6.07, 6.45) is 0.835. The van der Waals surface area contributed by atoms with E-state index in [-0.39, 0.29) is 29.7 Å². The summed E-state index contributed by atoms with van der Waals surface area (Å²) >= 11 is 0. The number of benzene rings is 2. The molecule has 0 fully saturated rings. The molecule has 0 saturated heterocycles. The third kappa shape index (κ3) is 7.17. The highest BCUT2D eigenvalue weighted by molar-refractivity contribution is 6.04. The summed E-state index contributed by atoms with van der Waals surface area (Å²) in [5.41, 5.74) is 6.20. The lowest BCUT2D eigenvalue weighted by Gasteiger charge is -2.17. The lowest BCUT2D eigenvalue weighted by molar-refractivity contribution is -0.145. The number of hydrogen-bond acceptors (Lipinski definition) is 7. The smallest absolute Gasteiger partial charge is 0.333 e. The highest BCUT2D eigenvalue weighted by Crippen LogP contribution is 2.27. The molecule has 0 aliphatic heterocycles. The number of amides is 2. The third-order valence-corrected chi connectivity index (χ3v) is 4.39. The number of nitrogens with one attached hydrogen (secondary N) is 2. The number of halogens is 2. The standard InChI is InChI=1S/C23H21FN4O5.ClH/c1-32-23(31)22(14-5-3-2-4-6-14)28-21(30)13-20(29)27-15-7-8-18(17(24)11-15)33-16-9-10-26-19(25)12-16;/h2-12,22H,13H2,1H3,(H2,25,26)(H,27,29)(H,28,30);1H/t22-;/m1./s1. The number of carbonyl (C=O) groups excluding carboxylic acids is 3. The lowest BCUT2D eigenvalue weighted by Crippen LogP contribution is -2.36. The number of hydrogen-bond donors (Lipinski definition) is 3. The number of esters is 1. The second kappa shape index (κ2) is 12.2. The SMILES string of the molecule is COC(=O)[C@H](NC(=O)CC(=O)Nc1ccc(Oc2ccnc(N)c2)c(F)c1)c1ccccc1.Cl. The number of aromatic nitrogens is 1. The van der Waals surface area contributed by atoms with Gasteiger partial charge in [-0.25, -0.2) is 14.2 Å². The molecule has 178 valence electrons. The van der Waals surface area contributed by atoms with Crippen molar-refractivity contribution in [3.05, 3.63) is 78.2 Å². The Morgan fingerprint density at radius 1 is 1.06 bits per heavy atom. The Morgan fingerprint density at radius 2 is 1.79 bits per heavy atom. The molecule has 1 heterocycles. The van der Waals surface area contributed by atoms with Crippen LogP contribution in [0, 0.1) is 5.82 Å². The predicted octanol–water partition coefficient (Wildman–Crippen LogP) is 3.38. The van der Waals surface area contributed by atoms with Crippen LogP contribution in [0.1, 0.15) is 18.0 Å². The molecule has 2 aromatic carbocycles. The minimum Gasteiger partial charge on any atom is -0.467 e. The van der Waals surface area contributed by atoms with E-state index in [9.17, 15) is 18.8 Å². The van der Waals surface area contributed by atoms with Crippen LogP contribution in [0.4, 0.5) is 15.9 Å². The Hall–Kier alpha value is -4.18. The molecule has 0 aliphatic carbocycles. The quantitative estimate of drug-likeness (QED) is 0.327. The van der Waals surface area contributed by atoms with Gasteiger partial charge in [-0.05, 0) is 23.8 Å². The molecule has 2 amide bonds. The molecule has 4 N–H and O–H groups in total. The van der Waals surface area contributed by atoms with E-state index in [1.165, 1.54) is 37.6 Å². The van der Waals surface area contributed by atoms with Crippen LogP contribution >= 0.6 is 12.4 Å². The first kappa shape index (κ1) is 26.1. The van der Waals surface area contributed by atoms with E-state index >= 15 is 0 Å². The fourth-order valence-corrected chi connectivity index (χ4v) is 2.88. The predicted molar refractivity (Wildman–Crippen MR) is 125 cm³/mol. The molecule has 11 heteroatoms.